The van der Waals surface area contributed by atoms with Gasteiger partial charge < -0.3 is 5.32 Å². The second-order valence-corrected chi connectivity index (χ2v) is 8.38. The fraction of sp³-hybridized carbons (Fsp3) is 0.500. The Bertz CT molecular complexity index is 703. The van der Waals surface area contributed by atoms with Crippen LogP contribution >= 0.6 is 34.4 Å². The van der Waals surface area contributed by atoms with Crippen molar-refractivity contribution in [2.24, 2.45) is 5.92 Å². The van der Waals surface area contributed by atoms with Crippen molar-refractivity contribution in [3.8, 4) is 6.07 Å². The predicted octanol–water partition coefficient (Wildman–Crippen LogP) is 3.34. The van der Waals surface area contributed by atoms with Crippen LogP contribution in [0.25, 0.3) is 0 Å². The lowest BCUT2D eigenvalue weighted by Gasteiger charge is -2.04. The maximum absolute atomic E-state index is 12.2. The summed E-state index contributed by atoms with van der Waals surface area (Å²) >= 11 is 4.07. The Kier molecular flexibility index (Phi) is 6.50. The molecule has 0 aliphatic carbocycles. The predicted molar refractivity (Wildman–Crippen MR) is 94.2 cm³/mol. The molecule has 0 fully saturated rings. The Morgan fingerprint density at radius 3 is 2.87 bits per heavy atom. The van der Waals surface area contributed by atoms with E-state index in [0.717, 1.165) is 21.7 Å². The van der Waals surface area contributed by atoms with Crippen molar-refractivity contribution in [2.75, 3.05) is 17.6 Å². The number of Topliss-reactive ketones (excluding diaryl/α,β-unsaturated/α-hetero) is 1. The first-order valence-electron chi connectivity index (χ1n) is 7.04. The van der Waals surface area contributed by atoms with E-state index in [1.807, 2.05) is 18.4 Å². The second-order valence-electron chi connectivity index (χ2n) is 5.29. The van der Waals surface area contributed by atoms with Crippen molar-refractivity contribution in [3.05, 3.63) is 16.1 Å². The number of carbonyl (C=O) groups excluding carboxylic acids is 1. The summed E-state index contributed by atoms with van der Waals surface area (Å²) in [6.45, 7) is 6.91. The normalized spacial score (nSPS) is 12.1. The third-order valence-electron chi connectivity index (χ3n) is 2.74. The molecule has 0 aliphatic rings. The lowest BCUT2D eigenvalue weighted by Crippen LogP contribution is -2.13. The number of nitrogens with one attached hydrogen (secondary N) is 1. The van der Waals surface area contributed by atoms with E-state index in [2.05, 4.69) is 34.3 Å². The van der Waals surface area contributed by atoms with Crippen LogP contribution in [0.5, 0.6) is 0 Å². The van der Waals surface area contributed by atoms with Crippen LogP contribution in [-0.2, 0) is 4.79 Å². The van der Waals surface area contributed by atoms with E-state index >= 15 is 0 Å². The number of thiazole rings is 1. The van der Waals surface area contributed by atoms with Crippen LogP contribution < -0.4 is 5.32 Å². The monoisotopic (exact) mass is 367 g/mol. The summed E-state index contributed by atoms with van der Waals surface area (Å²) in [6.07, 6.45) is 0. The van der Waals surface area contributed by atoms with Crippen LogP contribution in [0.4, 0.5) is 5.13 Å². The van der Waals surface area contributed by atoms with E-state index in [0.29, 0.717) is 10.9 Å². The van der Waals surface area contributed by atoms with Crippen LogP contribution in [0.2, 0.25) is 0 Å². The van der Waals surface area contributed by atoms with Gasteiger partial charge in [-0.1, -0.05) is 36.9 Å². The molecule has 2 aromatic rings. The summed E-state index contributed by atoms with van der Waals surface area (Å²) in [5, 5.41) is 23.7. The Morgan fingerprint density at radius 1 is 1.48 bits per heavy atom. The first-order chi connectivity index (χ1) is 11.0. The maximum Gasteiger partial charge on any atom is 0.206 e. The third kappa shape index (κ3) is 5.27. The van der Waals surface area contributed by atoms with E-state index in [1.54, 1.807) is 0 Å². The molecular weight excluding hydrogens is 350 g/mol. The van der Waals surface area contributed by atoms with E-state index in [4.69, 9.17) is 0 Å². The van der Waals surface area contributed by atoms with Gasteiger partial charge in [-0.05, 0) is 12.8 Å². The summed E-state index contributed by atoms with van der Waals surface area (Å²) in [6, 6.07) is 2.05. The van der Waals surface area contributed by atoms with Gasteiger partial charge in [0.25, 0.3) is 0 Å². The molecule has 6 nitrogen and oxygen atoms in total. The van der Waals surface area contributed by atoms with Gasteiger partial charge in [0.1, 0.15) is 5.01 Å². The second kappa shape index (κ2) is 8.38. The van der Waals surface area contributed by atoms with Gasteiger partial charge >= 0.3 is 0 Å². The average Bonchev–Trinajstić information content (AvgIpc) is 3.13. The van der Waals surface area contributed by atoms with Gasteiger partial charge in [0.2, 0.25) is 5.13 Å². The van der Waals surface area contributed by atoms with Crippen molar-refractivity contribution in [3.63, 3.8) is 0 Å². The maximum atomic E-state index is 12.2. The highest BCUT2D eigenvalue weighted by molar-refractivity contribution is 8.01. The molecule has 0 saturated carbocycles. The van der Waals surface area contributed by atoms with Gasteiger partial charge in [0, 0.05) is 17.6 Å². The molecule has 2 rings (SSSR count). The highest BCUT2D eigenvalue weighted by Crippen LogP contribution is 2.28. The minimum atomic E-state index is -0.798. The van der Waals surface area contributed by atoms with Gasteiger partial charge in [0.15, 0.2) is 16.0 Å². The zero-order valence-electron chi connectivity index (χ0n) is 13.1. The van der Waals surface area contributed by atoms with Gasteiger partial charge in [-0.25, -0.2) is 4.98 Å². The molecule has 0 bridgehead atoms. The lowest BCUT2D eigenvalue weighted by molar-refractivity contribution is -0.116. The van der Waals surface area contributed by atoms with Gasteiger partial charge in [-0.3, -0.25) is 4.79 Å². The summed E-state index contributed by atoms with van der Waals surface area (Å²) in [5.41, 5.74) is 0.829. The largest absolute Gasteiger partial charge is 0.360 e. The van der Waals surface area contributed by atoms with Crippen molar-refractivity contribution in [1.82, 2.24) is 15.2 Å². The van der Waals surface area contributed by atoms with E-state index in [1.165, 1.54) is 34.4 Å². The zero-order valence-corrected chi connectivity index (χ0v) is 15.5. The number of aryl methyl sites for hydroxylation is 1. The van der Waals surface area contributed by atoms with E-state index in [-0.39, 0.29) is 11.5 Å². The van der Waals surface area contributed by atoms with Crippen LogP contribution in [-0.4, -0.2) is 33.3 Å². The number of carbonyl (C=O) groups is 1. The summed E-state index contributed by atoms with van der Waals surface area (Å²) in [7, 11) is 0. The smallest absolute Gasteiger partial charge is 0.206 e. The van der Waals surface area contributed by atoms with Crippen molar-refractivity contribution < 1.29 is 4.79 Å². The number of rotatable bonds is 8. The number of ketones is 1. The van der Waals surface area contributed by atoms with E-state index in [9.17, 15) is 10.1 Å². The van der Waals surface area contributed by atoms with Gasteiger partial charge in [-0.2, -0.15) is 5.26 Å². The molecule has 1 unspecified atom stereocenters. The number of thioether (sulfide) groups is 1. The SMILES string of the molecule is Cc1csc(C(C#N)C(=O)CSc2nnc(NCC(C)C)s2)n1. The lowest BCUT2D eigenvalue weighted by atomic mass is 10.1. The number of aromatic nitrogens is 3. The number of nitriles is 1. The third-order valence-corrected chi connectivity index (χ3v) is 5.80. The molecule has 9 heteroatoms. The average molecular weight is 368 g/mol. The Balaban J connectivity index is 1.90. The Labute approximate surface area is 147 Å². The molecule has 0 radical (unpaired) electrons. The summed E-state index contributed by atoms with van der Waals surface area (Å²) in [5.74, 6) is -0.239. The van der Waals surface area contributed by atoms with Crippen LogP contribution in [0.3, 0.4) is 0 Å². The number of anilines is 1. The Morgan fingerprint density at radius 2 is 2.26 bits per heavy atom. The first kappa shape index (κ1) is 17.8. The molecule has 0 aliphatic heterocycles. The van der Waals surface area contributed by atoms with Gasteiger partial charge in [-0.15, -0.1) is 21.5 Å². The quantitative estimate of drug-likeness (QED) is 0.715. The highest BCUT2D eigenvalue weighted by Gasteiger charge is 2.23. The minimum absolute atomic E-state index is 0.154. The summed E-state index contributed by atoms with van der Waals surface area (Å²) < 4.78 is 0.719. The van der Waals surface area contributed by atoms with E-state index < -0.39 is 5.92 Å². The Hall–Kier alpha value is -1.50. The molecule has 0 saturated heterocycles. The number of hydrogen-bond donors (Lipinski definition) is 1. The zero-order chi connectivity index (χ0) is 16.8. The molecule has 1 atom stereocenters. The molecule has 1 N–H and O–H groups in total. The topological polar surface area (TPSA) is 91.6 Å². The molecule has 0 aromatic carbocycles. The first-order valence-corrected chi connectivity index (χ1v) is 9.72. The van der Waals surface area contributed by atoms with Crippen LogP contribution in [0.1, 0.15) is 30.5 Å². The summed E-state index contributed by atoms with van der Waals surface area (Å²) in [4.78, 5) is 16.5. The fourth-order valence-electron chi connectivity index (χ4n) is 1.62. The van der Waals surface area contributed by atoms with Gasteiger partial charge in [0.05, 0.1) is 11.8 Å². The van der Waals surface area contributed by atoms with Crippen LogP contribution in [0, 0.1) is 24.2 Å². The van der Waals surface area contributed by atoms with Crippen molar-refractivity contribution in [1.29, 1.82) is 5.26 Å². The van der Waals surface area contributed by atoms with Crippen molar-refractivity contribution >= 4 is 45.4 Å². The fourth-order valence-corrected chi connectivity index (χ4v) is 4.14. The molecule has 23 heavy (non-hydrogen) atoms. The highest BCUT2D eigenvalue weighted by atomic mass is 32.2. The number of hydrogen-bond acceptors (Lipinski definition) is 9. The molecular formula is C14H17N5OS3. The van der Waals surface area contributed by atoms with Crippen LogP contribution in [0.15, 0.2) is 9.72 Å². The number of nitrogens with zero attached hydrogens (tertiary/aromatic N) is 4. The molecule has 122 valence electrons. The standard InChI is InChI=1S/C14H17N5OS3/c1-8(2)5-16-13-18-19-14(23-13)22-7-11(20)10(4-15)12-17-9(3)6-21-12/h6,8,10H,5,7H2,1-3H3,(H,16,18). The van der Waals surface area contributed by atoms with Crippen molar-refractivity contribution in [2.45, 2.75) is 31.0 Å². The minimum Gasteiger partial charge on any atom is -0.360 e. The molecule has 0 spiro atoms. The molecule has 0 amide bonds. The molecule has 2 aromatic heterocycles. The molecule has 2 heterocycles.